The van der Waals surface area contributed by atoms with E-state index in [1.165, 1.54) is 0 Å². The van der Waals surface area contributed by atoms with E-state index in [4.69, 9.17) is 16.9 Å². The maximum absolute atomic E-state index is 12.3. The van der Waals surface area contributed by atoms with E-state index in [0.717, 1.165) is 12.3 Å². The molecule has 0 amide bonds. The summed E-state index contributed by atoms with van der Waals surface area (Å²) >= 11 is 5.05. The zero-order valence-electron chi connectivity index (χ0n) is 6.67. The second-order valence-corrected chi connectivity index (χ2v) is 2.69. The van der Waals surface area contributed by atoms with Gasteiger partial charge in [-0.1, -0.05) is 0 Å². The first-order valence-electron chi connectivity index (χ1n) is 3.44. The monoisotopic (exact) mass is 216 g/mol. The van der Waals surface area contributed by atoms with Crippen molar-refractivity contribution in [3.63, 3.8) is 0 Å². The highest BCUT2D eigenvalue weighted by molar-refractivity contribution is 6.67. The molecule has 0 aromatic carbocycles. The van der Waals surface area contributed by atoms with Crippen molar-refractivity contribution in [1.82, 2.24) is 4.98 Å². The molecule has 0 bridgehead atoms. The van der Waals surface area contributed by atoms with Gasteiger partial charge in [-0.15, -0.1) is 0 Å². The van der Waals surface area contributed by atoms with E-state index in [1.54, 1.807) is 6.07 Å². The molecule has 0 fully saturated rings. The minimum atomic E-state index is -2.83. The van der Waals surface area contributed by atoms with Crippen molar-refractivity contribution in [2.75, 3.05) is 0 Å². The number of halogens is 3. The number of nitrogens with zero attached hydrogens (tertiary/aromatic N) is 2. The molecular weight excluding hydrogens is 214 g/mol. The Labute approximate surface area is 82.9 Å². The Hall–Kier alpha value is -1.54. The Morgan fingerprint density at radius 3 is 2.71 bits per heavy atom. The molecule has 1 aromatic rings. The third-order valence-electron chi connectivity index (χ3n) is 1.49. The maximum Gasteiger partial charge on any atom is 0.270 e. The fourth-order valence-electron chi connectivity index (χ4n) is 0.852. The number of rotatable bonds is 2. The predicted molar refractivity (Wildman–Crippen MR) is 44.1 cm³/mol. The predicted octanol–water partition coefficient (Wildman–Crippen LogP) is 2.27. The molecule has 0 atom stereocenters. The van der Waals surface area contributed by atoms with Gasteiger partial charge in [-0.05, 0) is 17.7 Å². The van der Waals surface area contributed by atoms with Crippen molar-refractivity contribution in [3.8, 4) is 6.07 Å². The van der Waals surface area contributed by atoms with Crippen LogP contribution < -0.4 is 0 Å². The number of aromatic nitrogens is 1. The highest BCUT2D eigenvalue weighted by atomic mass is 35.5. The van der Waals surface area contributed by atoms with Gasteiger partial charge in [-0.25, -0.2) is 8.78 Å². The number of pyridine rings is 1. The van der Waals surface area contributed by atoms with Crippen molar-refractivity contribution in [3.05, 3.63) is 29.1 Å². The lowest BCUT2D eigenvalue weighted by Gasteiger charge is -2.02. The highest BCUT2D eigenvalue weighted by Gasteiger charge is 2.16. The number of carbonyl (C=O) groups excluding carboxylic acids is 1. The van der Waals surface area contributed by atoms with E-state index < -0.39 is 17.2 Å². The van der Waals surface area contributed by atoms with E-state index >= 15 is 0 Å². The second-order valence-electron chi connectivity index (χ2n) is 2.34. The number of alkyl halides is 2. The highest BCUT2D eigenvalue weighted by Crippen LogP contribution is 2.22. The third-order valence-corrected chi connectivity index (χ3v) is 1.69. The summed E-state index contributed by atoms with van der Waals surface area (Å²) < 4.78 is 24.6. The van der Waals surface area contributed by atoms with Crippen molar-refractivity contribution >= 4 is 16.8 Å². The molecule has 0 spiro atoms. The van der Waals surface area contributed by atoms with Crippen LogP contribution in [0.3, 0.4) is 0 Å². The molecule has 6 heteroatoms. The average Bonchev–Trinajstić information content (AvgIpc) is 2.16. The Morgan fingerprint density at radius 2 is 2.29 bits per heavy atom. The van der Waals surface area contributed by atoms with E-state index in [9.17, 15) is 13.6 Å². The van der Waals surface area contributed by atoms with Gasteiger partial charge in [-0.2, -0.15) is 5.26 Å². The standard InChI is InChI=1S/C8H3ClF2N2O/c9-7(14)6-1-5(8(10)11)4(2-12)3-13-6/h1,3,8H. The molecule has 0 saturated heterocycles. The van der Waals surface area contributed by atoms with Crippen LogP contribution in [0.4, 0.5) is 8.78 Å². The molecule has 1 heterocycles. The normalized spacial score (nSPS) is 9.93. The Kier molecular flexibility index (Phi) is 3.10. The first-order valence-corrected chi connectivity index (χ1v) is 3.82. The van der Waals surface area contributed by atoms with Crippen molar-refractivity contribution in [2.45, 2.75) is 6.43 Å². The fourth-order valence-corrected chi connectivity index (χ4v) is 0.956. The van der Waals surface area contributed by atoms with E-state index in [1.807, 2.05) is 0 Å². The van der Waals surface area contributed by atoms with Gasteiger partial charge in [0.05, 0.1) is 5.56 Å². The van der Waals surface area contributed by atoms with Gasteiger partial charge in [0.15, 0.2) is 0 Å². The van der Waals surface area contributed by atoms with Crippen LogP contribution >= 0.6 is 11.6 Å². The molecule has 0 radical (unpaired) electrons. The fraction of sp³-hybridized carbons (Fsp3) is 0.125. The molecule has 0 aliphatic rings. The van der Waals surface area contributed by atoms with Crippen LogP contribution in [0.25, 0.3) is 0 Å². The van der Waals surface area contributed by atoms with Crippen LogP contribution in [-0.4, -0.2) is 10.2 Å². The third kappa shape index (κ3) is 2.03. The first kappa shape index (κ1) is 10.5. The number of carbonyl (C=O) groups is 1. The lowest BCUT2D eigenvalue weighted by atomic mass is 10.1. The van der Waals surface area contributed by atoms with Gasteiger partial charge in [0, 0.05) is 11.8 Å². The van der Waals surface area contributed by atoms with Crippen molar-refractivity contribution < 1.29 is 13.6 Å². The molecule has 0 saturated carbocycles. The Bertz CT molecular complexity index is 414. The lowest BCUT2D eigenvalue weighted by molar-refractivity contribution is 0.107. The molecule has 1 aromatic heterocycles. The number of hydrogen-bond acceptors (Lipinski definition) is 3. The molecule has 0 unspecified atom stereocenters. The summed E-state index contributed by atoms with van der Waals surface area (Å²) in [6.45, 7) is 0. The van der Waals surface area contributed by atoms with Gasteiger partial charge >= 0.3 is 0 Å². The molecule has 1 rings (SSSR count). The van der Waals surface area contributed by atoms with E-state index in [0.29, 0.717) is 0 Å². The molecule has 14 heavy (non-hydrogen) atoms. The number of hydrogen-bond donors (Lipinski definition) is 0. The summed E-state index contributed by atoms with van der Waals surface area (Å²) in [5, 5.41) is 7.52. The van der Waals surface area contributed by atoms with Gasteiger partial charge in [0.2, 0.25) is 0 Å². The maximum atomic E-state index is 12.3. The van der Waals surface area contributed by atoms with Crippen LogP contribution in [0.5, 0.6) is 0 Å². The van der Waals surface area contributed by atoms with Crippen molar-refractivity contribution in [1.29, 1.82) is 5.26 Å². The summed E-state index contributed by atoms with van der Waals surface area (Å²) in [4.78, 5) is 14.0. The van der Waals surface area contributed by atoms with Gasteiger partial charge in [0.25, 0.3) is 11.7 Å². The quantitative estimate of drug-likeness (QED) is 0.713. The minimum Gasteiger partial charge on any atom is -0.274 e. The van der Waals surface area contributed by atoms with E-state index in [2.05, 4.69) is 4.98 Å². The topological polar surface area (TPSA) is 53.8 Å². The lowest BCUT2D eigenvalue weighted by Crippen LogP contribution is -1.99. The number of nitriles is 1. The Balaban J connectivity index is 3.29. The molecule has 3 nitrogen and oxygen atoms in total. The molecule has 72 valence electrons. The summed E-state index contributed by atoms with van der Waals surface area (Å²) in [5.41, 5.74) is -1.09. The molecular formula is C8H3ClF2N2O. The molecule has 0 aliphatic heterocycles. The van der Waals surface area contributed by atoms with E-state index in [-0.39, 0.29) is 11.3 Å². The minimum absolute atomic E-state index is 0.262. The van der Waals surface area contributed by atoms with Crippen LogP contribution in [0, 0.1) is 11.3 Å². The van der Waals surface area contributed by atoms with Crippen LogP contribution in [-0.2, 0) is 0 Å². The summed E-state index contributed by atoms with van der Waals surface area (Å²) in [7, 11) is 0. The molecule has 0 N–H and O–H groups in total. The first-order chi connectivity index (χ1) is 6.56. The largest absolute Gasteiger partial charge is 0.274 e. The summed E-state index contributed by atoms with van der Waals surface area (Å²) in [5.74, 6) is 0. The van der Waals surface area contributed by atoms with Crippen LogP contribution in [0.2, 0.25) is 0 Å². The smallest absolute Gasteiger partial charge is 0.270 e. The summed E-state index contributed by atoms with van der Waals surface area (Å²) in [6.07, 6.45) is -1.93. The molecule has 0 aliphatic carbocycles. The average molecular weight is 217 g/mol. The second kappa shape index (κ2) is 4.11. The zero-order chi connectivity index (χ0) is 10.7. The SMILES string of the molecule is N#Cc1cnc(C(=O)Cl)cc1C(F)F. The summed E-state index contributed by atoms with van der Waals surface area (Å²) in [6, 6.07) is 2.36. The Morgan fingerprint density at radius 1 is 1.64 bits per heavy atom. The van der Waals surface area contributed by atoms with Crippen LogP contribution in [0.1, 0.15) is 28.0 Å². The van der Waals surface area contributed by atoms with Gasteiger partial charge in [0.1, 0.15) is 11.8 Å². The van der Waals surface area contributed by atoms with Crippen LogP contribution in [0.15, 0.2) is 12.3 Å². The zero-order valence-corrected chi connectivity index (χ0v) is 7.42. The van der Waals surface area contributed by atoms with Gasteiger partial charge < -0.3 is 0 Å². The van der Waals surface area contributed by atoms with Crippen molar-refractivity contribution in [2.24, 2.45) is 0 Å². The van der Waals surface area contributed by atoms with Gasteiger partial charge in [-0.3, -0.25) is 9.78 Å².